The van der Waals surface area contributed by atoms with Gasteiger partial charge in [-0.15, -0.1) is 0 Å². The van der Waals surface area contributed by atoms with Crippen LogP contribution in [0.5, 0.6) is 0 Å². The Morgan fingerprint density at radius 1 is 1.45 bits per heavy atom. The molecule has 0 aliphatic carbocycles. The number of pyridine rings is 1. The zero-order valence-corrected chi connectivity index (χ0v) is 12.4. The molecular weight excluding hydrogens is 254 g/mol. The van der Waals surface area contributed by atoms with Gasteiger partial charge in [-0.05, 0) is 39.7 Å². The van der Waals surface area contributed by atoms with Crippen LogP contribution in [0.25, 0.3) is 0 Å². The molecule has 0 spiro atoms. The van der Waals surface area contributed by atoms with Crippen LogP contribution in [0.2, 0.25) is 0 Å². The van der Waals surface area contributed by atoms with E-state index in [9.17, 15) is 4.79 Å². The van der Waals surface area contributed by atoms with E-state index in [2.05, 4.69) is 15.6 Å². The van der Waals surface area contributed by atoms with Crippen molar-refractivity contribution in [3.63, 3.8) is 0 Å². The van der Waals surface area contributed by atoms with Gasteiger partial charge in [0.15, 0.2) is 0 Å². The molecule has 2 heterocycles. The number of carbonyl (C=O) groups excluding carboxylic acids is 1. The molecule has 1 aromatic heterocycles. The number of anilines is 1. The number of hydrogen-bond donors (Lipinski definition) is 2. The molecule has 20 heavy (non-hydrogen) atoms. The first-order valence-corrected chi connectivity index (χ1v) is 7.07. The number of hydrogen-bond acceptors (Lipinski definition) is 4. The van der Waals surface area contributed by atoms with Crippen molar-refractivity contribution >= 4 is 11.6 Å². The third-order valence-corrected chi connectivity index (χ3v) is 3.05. The largest absolute Gasteiger partial charge is 0.381 e. The van der Waals surface area contributed by atoms with Crippen LogP contribution in [0.15, 0.2) is 18.5 Å². The van der Waals surface area contributed by atoms with Gasteiger partial charge in [0.2, 0.25) is 0 Å². The van der Waals surface area contributed by atoms with Crippen molar-refractivity contribution in [2.75, 3.05) is 18.5 Å². The summed E-state index contributed by atoms with van der Waals surface area (Å²) in [6.07, 6.45) is 5.78. The van der Waals surface area contributed by atoms with Gasteiger partial charge in [0, 0.05) is 31.1 Å². The summed E-state index contributed by atoms with van der Waals surface area (Å²) in [6, 6.07) is 1.82. The molecule has 1 aliphatic rings. The molecule has 0 radical (unpaired) electrons. The minimum absolute atomic E-state index is 0.106. The van der Waals surface area contributed by atoms with Gasteiger partial charge < -0.3 is 15.4 Å². The average molecular weight is 277 g/mol. The fourth-order valence-electron chi connectivity index (χ4n) is 2.11. The van der Waals surface area contributed by atoms with Gasteiger partial charge in [-0.3, -0.25) is 9.78 Å². The Kier molecular flexibility index (Phi) is 4.60. The first-order chi connectivity index (χ1) is 9.44. The van der Waals surface area contributed by atoms with Gasteiger partial charge in [-0.1, -0.05) is 0 Å². The Labute approximate surface area is 120 Å². The van der Waals surface area contributed by atoms with Crippen LogP contribution in [-0.2, 0) is 4.74 Å². The number of carbonyl (C=O) groups is 1. The minimum atomic E-state index is -0.252. The normalized spacial score (nSPS) is 18.9. The van der Waals surface area contributed by atoms with E-state index in [4.69, 9.17) is 4.74 Å². The lowest BCUT2D eigenvalue weighted by Gasteiger charge is -2.20. The molecule has 2 N–H and O–H groups in total. The lowest BCUT2D eigenvalue weighted by Crippen LogP contribution is -2.40. The SMILES string of the molecule is CC(C)(C)NC(=O)c1cncc(NCC2CCCO2)c1. The molecule has 110 valence electrons. The summed E-state index contributed by atoms with van der Waals surface area (Å²) in [4.78, 5) is 16.2. The Balaban J connectivity index is 1.94. The van der Waals surface area contributed by atoms with E-state index in [0.717, 1.165) is 31.7 Å². The van der Waals surface area contributed by atoms with Crippen LogP contribution in [0.3, 0.4) is 0 Å². The maximum absolute atomic E-state index is 12.1. The summed E-state index contributed by atoms with van der Waals surface area (Å²) in [7, 11) is 0. The smallest absolute Gasteiger partial charge is 0.253 e. The summed E-state index contributed by atoms with van der Waals surface area (Å²) < 4.78 is 5.56. The van der Waals surface area contributed by atoms with Crippen LogP contribution in [0.4, 0.5) is 5.69 Å². The zero-order chi connectivity index (χ0) is 14.6. The molecule has 0 saturated carbocycles. The summed E-state index contributed by atoms with van der Waals surface area (Å²) in [6.45, 7) is 7.47. The molecule has 1 amide bonds. The molecule has 1 atom stereocenters. The highest BCUT2D eigenvalue weighted by Crippen LogP contribution is 2.14. The quantitative estimate of drug-likeness (QED) is 0.885. The van der Waals surface area contributed by atoms with Gasteiger partial charge in [0.05, 0.1) is 17.4 Å². The molecule has 1 aromatic rings. The Morgan fingerprint density at radius 3 is 2.90 bits per heavy atom. The molecule has 1 fully saturated rings. The lowest BCUT2D eigenvalue weighted by atomic mass is 10.1. The molecule has 2 rings (SSSR count). The number of aromatic nitrogens is 1. The standard InChI is InChI=1S/C15H23N3O2/c1-15(2,3)18-14(19)11-7-12(9-16-8-11)17-10-13-5-4-6-20-13/h7-9,13,17H,4-6,10H2,1-3H3,(H,18,19). The van der Waals surface area contributed by atoms with Gasteiger partial charge in [-0.25, -0.2) is 0 Å². The van der Waals surface area contributed by atoms with Crippen molar-refractivity contribution in [1.82, 2.24) is 10.3 Å². The molecule has 1 aliphatic heterocycles. The van der Waals surface area contributed by atoms with Crippen molar-refractivity contribution in [1.29, 1.82) is 0 Å². The van der Waals surface area contributed by atoms with Crippen molar-refractivity contribution in [2.45, 2.75) is 45.3 Å². The molecule has 0 bridgehead atoms. The Morgan fingerprint density at radius 2 is 2.25 bits per heavy atom. The molecule has 5 heteroatoms. The number of rotatable bonds is 4. The van der Waals surface area contributed by atoms with E-state index < -0.39 is 0 Å². The van der Waals surface area contributed by atoms with Crippen molar-refractivity contribution < 1.29 is 9.53 Å². The monoisotopic (exact) mass is 277 g/mol. The second kappa shape index (κ2) is 6.22. The lowest BCUT2D eigenvalue weighted by molar-refractivity contribution is 0.0919. The van der Waals surface area contributed by atoms with Crippen LogP contribution >= 0.6 is 0 Å². The number of nitrogens with zero attached hydrogens (tertiary/aromatic N) is 1. The van der Waals surface area contributed by atoms with Gasteiger partial charge in [-0.2, -0.15) is 0 Å². The third-order valence-electron chi connectivity index (χ3n) is 3.05. The molecule has 1 saturated heterocycles. The van der Waals surface area contributed by atoms with Crippen LogP contribution < -0.4 is 10.6 Å². The van der Waals surface area contributed by atoms with Crippen LogP contribution in [0.1, 0.15) is 44.0 Å². The summed E-state index contributed by atoms with van der Waals surface area (Å²) in [5.74, 6) is -0.106. The van der Waals surface area contributed by atoms with Gasteiger partial charge >= 0.3 is 0 Å². The van der Waals surface area contributed by atoms with Gasteiger partial charge in [0.25, 0.3) is 5.91 Å². The highest BCUT2D eigenvalue weighted by atomic mass is 16.5. The summed E-state index contributed by atoms with van der Waals surface area (Å²) >= 11 is 0. The number of ether oxygens (including phenoxy) is 1. The molecule has 0 aromatic carbocycles. The van der Waals surface area contributed by atoms with E-state index in [1.165, 1.54) is 0 Å². The predicted molar refractivity (Wildman–Crippen MR) is 78.9 cm³/mol. The van der Waals surface area contributed by atoms with Crippen molar-refractivity contribution in [3.8, 4) is 0 Å². The Bertz CT molecular complexity index is 462. The zero-order valence-electron chi connectivity index (χ0n) is 12.4. The van der Waals surface area contributed by atoms with Crippen molar-refractivity contribution in [3.05, 3.63) is 24.0 Å². The first kappa shape index (κ1) is 14.8. The summed E-state index contributed by atoms with van der Waals surface area (Å²) in [5.41, 5.74) is 1.16. The fraction of sp³-hybridized carbons (Fsp3) is 0.600. The third kappa shape index (κ3) is 4.49. The van der Waals surface area contributed by atoms with E-state index in [0.29, 0.717) is 5.56 Å². The van der Waals surface area contributed by atoms with E-state index in [1.807, 2.05) is 26.8 Å². The number of amides is 1. The number of nitrogens with one attached hydrogen (secondary N) is 2. The highest BCUT2D eigenvalue weighted by Gasteiger charge is 2.17. The maximum atomic E-state index is 12.1. The van der Waals surface area contributed by atoms with E-state index >= 15 is 0 Å². The minimum Gasteiger partial charge on any atom is -0.381 e. The van der Waals surface area contributed by atoms with Crippen molar-refractivity contribution in [2.24, 2.45) is 0 Å². The molecular formula is C15H23N3O2. The van der Waals surface area contributed by atoms with Crippen LogP contribution in [-0.4, -0.2) is 35.7 Å². The molecule has 5 nitrogen and oxygen atoms in total. The Hall–Kier alpha value is -1.62. The van der Waals surface area contributed by atoms with E-state index in [1.54, 1.807) is 12.4 Å². The second-order valence-electron chi connectivity index (χ2n) is 6.18. The summed E-state index contributed by atoms with van der Waals surface area (Å²) in [5, 5.41) is 6.21. The van der Waals surface area contributed by atoms with E-state index in [-0.39, 0.29) is 17.6 Å². The predicted octanol–water partition coefficient (Wildman–Crippen LogP) is 2.20. The second-order valence-corrected chi connectivity index (χ2v) is 6.18. The molecule has 1 unspecified atom stereocenters. The fourth-order valence-corrected chi connectivity index (χ4v) is 2.11. The average Bonchev–Trinajstić information content (AvgIpc) is 2.88. The van der Waals surface area contributed by atoms with Gasteiger partial charge in [0.1, 0.15) is 0 Å². The maximum Gasteiger partial charge on any atom is 0.253 e. The highest BCUT2D eigenvalue weighted by molar-refractivity contribution is 5.95. The topological polar surface area (TPSA) is 63.2 Å². The van der Waals surface area contributed by atoms with Crippen LogP contribution in [0, 0.1) is 0 Å². The first-order valence-electron chi connectivity index (χ1n) is 7.07.